The summed E-state index contributed by atoms with van der Waals surface area (Å²) in [5.74, 6) is -1.27. The largest absolute Gasteiger partial charge is 0.487 e. The van der Waals surface area contributed by atoms with Crippen LogP contribution in [0.2, 0.25) is 0 Å². The predicted molar refractivity (Wildman–Crippen MR) is 87.0 cm³/mol. The Labute approximate surface area is 146 Å². The molecule has 2 rings (SSSR count). The summed E-state index contributed by atoms with van der Waals surface area (Å²) in [5, 5.41) is 0. The Morgan fingerprint density at radius 2 is 1.88 bits per heavy atom. The lowest BCUT2D eigenvalue weighted by Gasteiger charge is -2.49. The topological polar surface area (TPSA) is 59.1 Å². The van der Waals surface area contributed by atoms with Crippen molar-refractivity contribution in [3.05, 3.63) is 17.9 Å². The quantitative estimate of drug-likeness (QED) is 0.438. The Morgan fingerprint density at radius 3 is 2.40 bits per heavy atom. The van der Waals surface area contributed by atoms with Crippen LogP contribution in [0.1, 0.15) is 20.8 Å². The van der Waals surface area contributed by atoms with Gasteiger partial charge in [0.25, 0.3) is 5.92 Å². The Kier molecular flexibility index (Phi) is 5.25. The number of carbonyl (C=O) groups is 1. The molecule has 1 spiro atoms. The van der Waals surface area contributed by atoms with E-state index in [0.717, 1.165) is 0 Å². The van der Waals surface area contributed by atoms with E-state index in [1.54, 1.807) is 37.7 Å². The lowest BCUT2D eigenvalue weighted by molar-refractivity contribution is -0.151. The standard InChI is InChI=1S/C17H24F2N2O4/c1-15(2,3)25-14(23)21-10-16(11-21)9-20(12-17(16,18)19)7-5-6-13(8-22)24-4/h5-6H,7,9-12H2,1-4H3/b6-5+. The highest BCUT2D eigenvalue weighted by molar-refractivity contribution is 5.69. The highest BCUT2D eigenvalue weighted by Gasteiger charge is 2.66. The number of rotatable bonds is 4. The third-order valence-corrected chi connectivity index (χ3v) is 4.32. The molecule has 0 radical (unpaired) electrons. The van der Waals surface area contributed by atoms with Gasteiger partial charge in [-0.05, 0) is 26.8 Å². The van der Waals surface area contributed by atoms with E-state index in [4.69, 9.17) is 9.47 Å². The molecule has 140 valence electrons. The number of hydrogen-bond acceptors (Lipinski definition) is 5. The van der Waals surface area contributed by atoms with Crippen LogP contribution in [0.4, 0.5) is 13.6 Å². The van der Waals surface area contributed by atoms with Crippen molar-refractivity contribution in [2.45, 2.75) is 32.3 Å². The summed E-state index contributed by atoms with van der Waals surface area (Å²) in [6.45, 7) is 5.23. The molecule has 0 N–H and O–H groups in total. The molecular weight excluding hydrogens is 334 g/mol. The molecule has 2 aliphatic heterocycles. The Balaban J connectivity index is 1.93. The number of halogens is 2. The van der Waals surface area contributed by atoms with Crippen molar-refractivity contribution in [2.75, 3.05) is 39.8 Å². The molecule has 2 aliphatic rings. The van der Waals surface area contributed by atoms with Gasteiger partial charge in [0.15, 0.2) is 5.94 Å². The van der Waals surface area contributed by atoms with Crippen LogP contribution in [0, 0.1) is 5.41 Å². The first kappa shape index (κ1) is 19.4. The van der Waals surface area contributed by atoms with Crippen LogP contribution in [0.3, 0.4) is 0 Å². The first-order valence-electron chi connectivity index (χ1n) is 8.06. The predicted octanol–water partition coefficient (Wildman–Crippen LogP) is 2.09. The third kappa shape index (κ3) is 4.19. The van der Waals surface area contributed by atoms with Gasteiger partial charge >= 0.3 is 6.09 Å². The maximum Gasteiger partial charge on any atom is 0.410 e. The van der Waals surface area contributed by atoms with Crippen molar-refractivity contribution in [3.8, 4) is 0 Å². The molecule has 2 heterocycles. The second-order valence-electron chi connectivity index (χ2n) is 7.56. The highest BCUT2D eigenvalue weighted by Crippen LogP contribution is 2.50. The minimum absolute atomic E-state index is 0.0143. The van der Waals surface area contributed by atoms with E-state index in [2.05, 4.69) is 0 Å². The normalized spacial score (nSPS) is 21.9. The molecule has 0 bridgehead atoms. The van der Waals surface area contributed by atoms with Crippen LogP contribution in [-0.4, -0.2) is 73.2 Å². The van der Waals surface area contributed by atoms with Gasteiger partial charge in [-0.1, -0.05) is 6.08 Å². The molecule has 25 heavy (non-hydrogen) atoms. The molecule has 1 amide bonds. The van der Waals surface area contributed by atoms with E-state index in [0.29, 0.717) is 0 Å². The van der Waals surface area contributed by atoms with Gasteiger partial charge in [-0.25, -0.2) is 18.4 Å². The summed E-state index contributed by atoms with van der Waals surface area (Å²) in [6.07, 6.45) is 2.43. The second kappa shape index (κ2) is 6.77. The second-order valence-corrected chi connectivity index (χ2v) is 7.56. The number of nitrogens with zero attached hydrogens (tertiary/aromatic N) is 2. The van der Waals surface area contributed by atoms with Gasteiger partial charge in [-0.2, -0.15) is 0 Å². The molecule has 0 aromatic carbocycles. The summed E-state index contributed by atoms with van der Waals surface area (Å²) < 4.78 is 38.9. The number of alkyl halides is 2. The van der Waals surface area contributed by atoms with Crippen molar-refractivity contribution >= 4 is 12.0 Å². The van der Waals surface area contributed by atoms with Crippen molar-refractivity contribution < 1.29 is 27.8 Å². The van der Waals surface area contributed by atoms with Crippen LogP contribution in [-0.2, 0) is 14.3 Å². The molecule has 0 aromatic heterocycles. The summed E-state index contributed by atoms with van der Waals surface area (Å²) in [6, 6.07) is 0. The molecule has 0 atom stereocenters. The SMILES string of the molecule is COC(=C=O)/C=C/CN1CC(F)(F)C2(C1)CN(C(=O)OC(C)(C)C)C2. The van der Waals surface area contributed by atoms with Gasteiger partial charge in [-0.3, -0.25) is 4.90 Å². The van der Waals surface area contributed by atoms with Gasteiger partial charge in [0.05, 0.1) is 19.1 Å². The van der Waals surface area contributed by atoms with Gasteiger partial charge < -0.3 is 14.4 Å². The smallest absolute Gasteiger partial charge is 0.410 e. The molecule has 2 fully saturated rings. The lowest BCUT2D eigenvalue weighted by Crippen LogP contribution is -2.66. The molecule has 6 nitrogen and oxygen atoms in total. The fraction of sp³-hybridized carbons (Fsp3) is 0.706. The minimum atomic E-state index is -2.88. The van der Waals surface area contributed by atoms with Gasteiger partial charge in [-0.15, -0.1) is 0 Å². The Morgan fingerprint density at radius 1 is 1.24 bits per heavy atom. The average Bonchev–Trinajstić information content (AvgIpc) is 2.71. The van der Waals surface area contributed by atoms with E-state index in [-0.39, 0.29) is 38.5 Å². The first-order chi connectivity index (χ1) is 11.5. The van der Waals surface area contributed by atoms with Crippen LogP contribution in [0.15, 0.2) is 17.9 Å². The fourth-order valence-corrected chi connectivity index (χ4v) is 3.10. The number of ether oxygens (including phenoxy) is 2. The maximum absolute atomic E-state index is 14.5. The number of methoxy groups -OCH3 is 1. The van der Waals surface area contributed by atoms with Crippen molar-refractivity contribution in [1.82, 2.24) is 9.80 Å². The molecule has 0 aliphatic carbocycles. The summed E-state index contributed by atoms with van der Waals surface area (Å²) >= 11 is 0. The molecule has 2 saturated heterocycles. The van der Waals surface area contributed by atoms with E-state index >= 15 is 0 Å². The van der Waals surface area contributed by atoms with Crippen molar-refractivity contribution in [3.63, 3.8) is 0 Å². The Bertz CT molecular complexity index is 600. The van der Waals surface area contributed by atoms with Crippen LogP contribution < -0.4 is 0 Å². The number of amides is 1. The molecule has 0 aromatic rings. The van der Waals surface area contributed by atoms with E-state index < -0.39 is 23.0 Å². The third-order valence-electron chi connectivity index (χ3n) is 4.32. The lowest BCUT2D eigenvalue weighted by atomic mass is 9.76. The van der Waals surface area contributed by atoms with Gasteiger partial charge in [0, 0.05) is 26.2 Å². The number of allylic oxidation sites excluding steroid dienone is 1. The number of likely N-dealkylation sites (tertiary alicyclic amines) is 2. The molecule has 0 saturated carbocycles. The van der Waals surface area contributed by atoms with Gasteiger partial charge in [0.2, 0.25) is 5.76 Å². The molecule has 0 unspecified atom stereocenters. The van der Waals surface area contributed by atoms with Crippen LogP contribution in [0.25, 0.3) is 0 Å². The highest BCUT2D eigenvalue weighted by atomic mass is 19.3. The zero-order valence-corrected chi connectivity index (χ0v) is 15.0. The minimum Gasteiger partial charge on any atom is -0.487 e. The zero-order valence-electron chi connectivity index (χ0n) is 15.0. The number of carbonyl (C=O) groups excluding carboxylic acids is 2. The molecular formula is C17H24F2N2O4. The summed E-state index contributed by atoms with van der Waals surface area (Å²) in [5.41, 5.74) is -1.89. The zero-order chi connectivity index (χ0) is 18.9. The van der Waals surface area contributed by atoms with Crippen molar-refractivity contribution in [2.24, 2.45) is 5.41 Å². The summed E-state index contributed by atoms with van der Waals surface area (Å²) in [4.78, 5) is 25.4. The summed E-state index contributed by atoms with van der Waals surface area (Å²) in [7, 11) is 1.34. The first-order valence-corrected chi connectivity index (χ1v) is 8.06. The fourth-order valence-electron chi connectivity index (χ4n) is 3.10. The van der Waals surface area contributed by atoms with Crippen LogP contribution >= 0.6 is 0 Å². The van der Waals surface area contributed by atoms with E-state index in [1.807, 2.05) is 0 Å². The number of hydrogen-bond donors (Lipinski definition) is 0. The van der Waals surface area contributed by atoms with Crippen LogP contribution in [0.5, 0.6) is 0 Å². The molecule has 8 heteroatoms. The Hall–Kier alpha value is -1.92. The van der Waals surface area contributed by atoms with Gasteiger partial charge in [0.1, 0.15) is 5.60 Å². The van der Waals surface area contributed by atoms with Crippen molar-refractivity contribution in [1.29, 1.82) is 0 Å². The monoisotopic (exact) mass is 358 g/mol. The van der Waals surface area contributed by atoms with E-state index in [9.17, 15) is 18.4 Å². The van der Waals surface area contributed by atoms with E-state index in [1.165, 1.54) is 18.1 Å². The average molecular weight is 358 g/mol. The maximum atomic E-state index is 14.5.